The third kappa shape index (κ3) is 4.05. The summed E-state index contributed by atoms with van der Waals surface area (Å²) in [5.41, 5.74) is 3.79. The third-order valence-electron chi connectivity index (χ3n) is 4.77. The Morgan fingerprint density at radius 1 is 1.07 bits per heavy atom. The van der Waals surface area contributed by atoms with Gasteiger partial charge in [0.15, 0.2) is 0 Å². The van der Waals surface area contributed by atoms with Crippen LogP contribution >= 0.6 is 0 Å². The van der Waals surface area contributed by atoms with Crippen LogP contribution in [0.5, 0.6) is 0 Å². The summed E-state index contributed by atoms with van der Waals surface area (Å²) in [6.45, 7) is 5.72. The van der Waals surface area contributed by atoms with E-state index in [9.17, 15) is 8.42 Å². The highest BCUT2D eigenvalue weighted by atomic mass is 32.2. The second-order valence-corrected chi connectivity index (χ2v) is 9.33. The van der Waals surface area contributed by atoms with E-state index in [-0.39, 0.29) is 5.92 Å². The molecule has 0 fully saturated rings. The number of benzene rings is 2. The van der Waals surface area contributed by atoms with Gasteiger partial charge in [0.05, 0.1) is 22.4 Å². The summed E-state index contributed by atoms with van der Waals surface area (Å²) in [7, 11) is -3.25. The number of hydrogen-bond acceptors (Lipinski definition) is 3. The minimum atomic E-state index is -3.25. The number of nitrogens with zero attached hydrogens (tertiary/aromatic N) is 2. The van der Waals surface area contributed by atoms with Gasteiger partial charge in [-0.25, -0.2) is 13.1 Å². The first kappa shape index (κ1) is 19.2. The Hall–Kier alpha value is -2.62. The van der Waals surface area contributed by atoms with Gasteiger partial charge < -0.3 is 4.57 Å². The topological polar surface area (TPSA) is 74.9 Å². The molecule has 0 saturated heterocycles. The van der Waals surface area contributed by atoms with Gasteiger partial charge in [-0.2, -0.15) is 5.26 Å². The van der Waals surface area contributed by atoms with Gasteiger partial charge in [-0.05, 0) is 61.7 Å². The Bertz CT molecular complexity index is 1090. The number of sulfonamides is 1. The highest BCUT2D eigenvalue weighted by Gasteiger charge is 2.17. The Kier molecular flexibility index (Phi) is 5.36. The fraction of sp³-hybridized carbons (Fsp3) is 0.286. The summed E-state index contributed by atoms with van der Waals surface area (Å²) >= 11 is 0. The predicted octanol–water partition coefficient (Wildman–Crippen LogP) is 3.93. The number of nitriles is 1. The largest absolute Gasteiger partial charge is 0.317 e. The molecule has 0 spiro atoms. The van der Waals surface area contributed by atoms with Gasteiger partial charge in [0.25, 0.3) is 0 Å². The Morgan fingerprint density at radius 2 is 1.78 bits per heavy atom. The van der Waals surface area contributed by atoms with Crippen LogP contribution in [0.15, 0.2) is 54.7 Å². The van der Waals surface area contributed by atoms with E-state index in [1.165, 1.54) is 0 Å². The van der Waals surface area contributed by atoms with E-state index in [2.05, 4.69) is 15.4 Å². The summed E-state index contributed by atoms with van der Waals surface area (Å²) in [5.74, 6) is 0.0761. The SMILES string of the molecule is CC(CNS(=O)(=O)C(C)C)c1ccc(-n2ccc3cc(C#N)ccc32)cc1. The van der Waals surface area contributed by atoms with E-state index in [4.69, 9.17) is 5.26 Å². The molecule has 1 atom stereocenters. The van der Waals surface area contributed by atoms with Crippen LogP contribution < -0.4 is 4.72 Å². The Balaban J connectivity index is 1.79. The minimum absolute atomic E-state index is 0.0761. The van der Waals surface area contributed by atoms with Crippen molar-refractivity contribution in [1.82, 2.24) is 9.29 Å². The monoisotopic (exact) mass is 381 g/mol. The molecule has 0 aliphatic heterocycles. The first-order chi connectivity index (χ1) is 12.8. The number of rotatable bonds is 6. The molecule has 1 unspecified atom stereocenters. The summed E-state index contributed by atoms with van der Waals surface area (Å²) in [5, 5.41) is 9.62. The lowest BCUT2D eigenvalue weighted by molar-refractivity contribution is 0.566. The summed E-state index contributed by atoms with van der Waals surface area (Å²) in [6.07, 6.45) is 1.99. The number of aromatic nitrogens is 1. The third-order valence-corrected chi connectivity index (χ3v) is 6.58. The molecular weight excluding hydrogens is 358 g/mol. The van der Waals surface area contributed by atoms with Crippen LogP contribution in [0.25, 0.3) is 16.6 Å². The molecule has 0 amide bonds. The second kappa shape index (κ2) is 7.55. The van der Waals surface area contributed by atoms with E-state index in [0.717, 1.165) is 22.2 Å². The maximum Gasteiger partial charge on any atom is 0.213 e. The van der Waals surface area contributed by atoms with Crippen molar-refractivity contribution in [2.24, 2.45) is 0 Å². The van der Waals surface area contributed by atoms with Crippen LogP contribution in [0.2, 0.25) is 0 Å². The lowest BCUT2D eigenvalue weighted by Gasteiger charge is -2.16. The van der Waals surface area contributed by atoms with Gasteiger partial charge in [0.1, 0.15) is 0 Å². The molecule has 140 valence electrons. The van der Waals surface area contributed by atoms with E-state index in [1.54, 1.807) is 13.8 Å². The number of hydrogen-bond donors (Lipinski definition) is 1. The van der Waals surface area contributed by atoms with Crippen molar-refractivity contribution in [1.29, 1.82) is 5.26 Å². The number of nitrogens with one attached hydrogen (secondary N) is 1. The van der Waals surface area contributed by atoms with Crippen molar-refractivity contribution in [3.63, 3.8) is 0 Å². The van der Waals surface area contributed by atoms with Crippen LogP contribution in [0.1, 0.15) is 37.8 Å². The first-order valence-corrected chi connectivity index (χ1v) is 10.5. The van der Waals surface area contributed by atoms with Crippen LogP contribution in [0, 0.1) is 11.3 Å². The van der Waals surface area contributed by atoms with E-state index in [1.807, 2.05) is 61.7 Å². The fourth-order valence-electron chi connectivity index (χ4n) is 2.93. The Morgan fingerprint density at radius 3 is 2.41 bits per heavy atom. The molecule has 2 aromatic carbocycles. The molecule has 1 aromatic heterocycles. The minimum Gasteiger partial charge on any atom is -0.317 e. The molecule has 0 aliphatic carbocycles. The van der Waals surface area contributed by atoms with Crippen LogP contribution in [0.4, 0.5) is 0 Å². The average Bonchev–Trinajstić information content (AvgIpc) is 3.09. The number of fused-ring (bicyclic) bond motifs is 1. The van der Waals surface area contributed by atoms with Crippen molar-refractivity contribution in [2.45, 2.75) is 31.9 Å². The lowest BCUT2D eigenvalue weighted by atomic mass is 10.0. The van der Waals surface area contributed by atoms with Crippen LogP contribution in [0.3, 0.4) is 0 Å². The maximum atomic E-state index is 11.9. The molecule has 1 N–H and O–H groups in total. The van der Waals surface area contributed by atoms with Crippen LogP contribution in [-0.2, 0) is 10.0 Å². The van der Waals surface area contributed by atoms with Crippen molar-refractivity contribution >= 4 is 20.9 Å². The molecule has 6 heteroatoms. The molecular formula is C21H23N3O2S. The van der Waals surface area contributed by atoms with E-state index >= 15 is 0 Å². The highest BCUT2D eigenvalue weighted by Crippen LogP contribution is 2.23. The van der Waals surface area contributed by atoms with Crippen molar-refractivity contribution in [2.75, 3.05) is 6.54 Å². The quantitative estimate of drug-likeness (QED) is 0.703. The maximum absolute atomic E-state index is 11.9. The van der Waals surface area contributed by atoms with Gasteiger partial charge in [-0.1, -0.05) is 19.1 Å². The van der Waals surface area contributed by atoms with Crippen molar-refractivity contribution in [3.8, 4) is 11.8 Å². The summed E-state index contributed by atoms with van der Waals surface area (Å²) in [4.78, 5) is 0. The molecule has 27 heavy (non-hydrogen) atoms. The van der Waals surface area contributed by atoms with Gasteiger partial charge in [-0.3, -0.25) is 0 Å². The zero-order chi connectivity index (χ0) is 19.6. The van der Waals surface area contributed by atoms with Crippen molar-refractivity contribution < 1.29 is 8.42 Å². The zero-order valence-electron chi connectivity index (χ0n) is 15.7. The Labute approximate surface area is 160 Å². The predicted molar refractivity (Wildman–Crippen MR) is 108 cm³/mol. The van der Waals surface area contributed by atoms with E-state index < -0.39 is 15.3 Å². The molecule has 5 nitrogen and oxygen atoms in total. The van der Waals surface area contributed by atoms with Gasteiger partial charge in [0, 0.05) is 23.8 Å². The van der Waals surface area contributed by atoms with Gasteiger partial charge in [-0.15, -0.1) is 0 Å². The molecule has 0 saturated carbocycles. The van der Waals surface area contributed by atoms with Gasteiger partial charge in [0.2, 0.25) is 10.0 Å². The fourth-order valence-corrected chi connectivity index (χ4v) is 3.74. The normalized spacial score (nSPS) is 13.0. The molecule has 0 bridgehead atoms. The highest BCUT2D eigenvalue weighted by molar-refractivity contribution is 7.90. The molecule has 1 heterocycles. The standard InChI is InChI=1S/C21H23N3O2S/c1-15(2)27(25,26)23-14-16(3)18-5-7-20(8-6-18)24-11-10-19-12-17(13-22)4-9-21(19)24/h4-12,15-16,23H,14H2,1-3H3. The van der Waals surface area contributed by atoms with Crippen LogP contribution in [-0.4, -0.2) is 24.8 Å². The summed E-state index contributed by atoms with van der Waals surface area (Å²) in [6, 6.07) is 17.9. The van der Waals surface area contributed by atoms with Crippen molar-refractivity contribution in [3.05, 3.63) is 65.9 Å². The average molecular weight is 382 g/mol. The molecule has 3 aromatic rings. The van der Waals surface area contributed by atoms with E-state index in [0.29, 0.717) is 12.1 Å². The molecule has 3 rings (SSSR count). The lowest BCUT2D eigenvalue weighted by Crippen LogP contribution is -2.33. The summed E-state index contributed by atoms with van der Waals surface area (Å²) < 4.78 is 28.6. The second-order valence-electron chi connectivity index (χ2n) is 7.01. The zero-order valence-corrected chi connectivity index (χ0v) is 16.5. The molecule has 0 aliphatic rings. The smallest absolute Gasteiger partial charge is 0.213 e. The first-order valence-electron chi connectivity index (χ1n) is 8.92. The van der Waals surface area contributed by atoms with Gasteiger partial charge >= 0.3 is 0 Å². The molecule has 0 radical (unpaired) electrons.